The van der Waals surface area contributed by atoms with E-state index < -0.39 is 0 Å². The predicted octanol–water partition coefficient (Wildman–Crippen LogP) is 3.20. The lowest BCUT2D eigenvalue weighted by molar-refractivity contribution is 0.270. The third-order valence-electron chi connectivity index (χ3n) is 3.20. The molecule has 2 N–H and O–H groups in total. The van der Waals surface area contributed by atoms with E-state index in [1.807, 2.05) is 16.1 Å². The van der Waals surface area contributed by atoms with Crippen LogP contribution in [0.5, 0.6) is 0 Å². The summed E-state index contributed by atoms with van der Waals surface area (Å²) in [7, 11) is 0. The molecule has 0 amide bonds. The molecule has 0 aliphatic rings. The molecule has 0 aromatic carbocycles. The molecular formula is C14H21N3OS. The van der Waals surface area contributed by atoms with Gasteiger partial charge in [0, 0.05) is 12.1 Å². The highest BCUT2D eigenvalue weighted by Crippen LogP contribution is 2.26. The Morgan fingerprint density at radius 1 is 1.42 bits per heavy atom. The van der Waals surface area contributed by atoms with Crippen molar-refractivity contribution < 1.29 is 5.11 Å². The van der Waals surface area contributed by atoms with Crippen LogP contribution < -0.4 is 5.32 Å². The Morgan fingerprint density at radius 2 is 2.21 bits per heavy atom. The van der Waals surface area contributed by atoms with E-state index in [-0.39, 0.29) is 6.61 Å². The largest absolute Gasteiger partial charge is 0.394 e. The van der Waals surface area contributed by atoms with Gasteiger partial charge >= 0.3 is 0 Å². The Morgan fingerprint density at radius 3 is 2.79 bits per heavy atom. The highest BCUT2D eigenvalue weighted by molar-refractivity contribution is 7.13. The molecule has 0 aliphatic carbocycles. The summed E-state index contributed by atoms with van der Waals surface area (Å²) < 4.78 is 1.85. The van der Waals surface area contributed by atoms with Crippen LogP contribution in [0.2, 0.25) is 0 Å². The minimum absolute atomic E-state index is 0.100. The van der Waals surface area contributed by atoms with Crippen molar-refractivity contribution in [1.29, 1.82) is 0 Å². The molecule has 2 aromatic heterocycles. The van der Waals surface area contributed by atoms with Crippen LogP contribution in [0.3, 0.4) is 0 Å². The molecule has 0 saturated heterocycles. The third-order valence-corrected chi connectivity index (χ3v) is 4.10. The number of aromatic nitrogens is 2. The standard InChI is InChI=1S/C14H21N3OS/c1-3-11(4-2)15-14-10-12(13-6-5-9-19-13)16-17(14)7-8-18/h5-6,9-11,15,18H,3-4,7-8H2,1-2H3. The number of hydrogen-bond donors (Lipinski definition) is 2. The lowest BCUT2D eigenvalue weighted by atomic mass is 10.2. The fourth-order valence-corrected chi connectivity index (χ4v) is 2.73. The van der Waals surface area contributed by atoms with E-state index in [1.165, 1.54) is 0 Å². The van der Waals surface area contributed by atoms with Gasteiger partial charge in [-0.15, -0.1) is 11.3 Å². The molecule has 0 saturated carbocycles. The number of anilines is 1. The second-order valence-corrected chi connectivity index (χ2v) is 5.44. The molecule has 0 bridgehead atoms. The van der Waals surface area contributed by atoms with E-state index >= 15 is 0 Å². The molecule has 0 spiro atoms. The zero-order valence-electron chi connectivity index (χ0n) is 11.5. The van der Waals surface area contributed by atoms with E-state index in [0.29, 0.717) is 12.6 Å². The van der Waals surface area contributed by atoms with Gasteiger partial charge in [-0.1, -0.05) is 19.9 Å². The topological polar surface area (TPSA) is 50.1 Å². The Labute approximate surface area is 118 Å². The second-order valence-electron chi connectivity index (χ2n) is 4.50. The highest BCUT2D eigenvalue weighted by atomic mass is 32.1. The molecule has 5 heteroatoms. The summed E-state index contributed by atoms with van der Waals surface area (Å²) in [5, 5.41) is 19.3. The molecule has 2 rings (SSSR count). The number of nitrogens with one attached hydrogen (secondary N) is 1. The van der Waals surface area contributed by atoms with Crippen LogP contribution in [0.1, 0.15) is 26.7 Å². The molecule has 0 atom stereocenters. The van der Waals surface area contributed by atoms with Crippen LogP contribution in [-0.4, -0.2) is 27.5 Å². The summed E-state index contributed by atoms with van der Waals surface area (Å²) in [5.74, 6) is 0.992. The van der Waals surface area contributed by atoms with Crippen LogP contribution >= 0.6 is 11.3 Å². The van der Waals surface area contributed by atoms with Crippen LogP contribution in [0, 0.1) is 0 Å². The minimum atomic E-state index is 0.100. The van der Waals surface area contributed by atoms with Crippen LogP contribution in [0.4, 0.5) is 5.82 Å². The molecule has 0 radical (unpaired) electrons. The van der Waals surface area contributed by atoms with Gasteiger partial charge in [-0.25, -0.2) is 4.68 Å². The molecule has 2 aromatic rings. The van der Waals surface area contributed by atoms with Gasteiger partial charge in [-0.3, -0.25) is 0 Å². The normalized spacial score (nSPS) is 11.2. The maximum absolute atomic E-state index is 9.15. The first kappa shape index (κ1) is 14.1. The highest BCUT2D eigenvalue weighted by Gasteiger charge is 2.12. The Kier molecular flexibility index (Phi) is 4.99. The number of aliphatic hydroxyl groups is 1. The van der Waals surface area contributed by atoms with E-state index in [9.17, 15) is 0 Å². The van der Waals surface area contributed by atoms with Crippen molar-refractivity contribution >= 4 is 17.2 Å². The lowest BCUT2D eigenvalue weighted by Gasteiger charge is -2.16. The first-order valence-corrected chi connectivity index (χ1v) is 7.65. The van der Waals surface area contributed by atoms with Gasteiger partial charge in [-0.2, -0.15) is 5.10 Å². The zero-order valence-corrected chi connectivity index (χ0v) is 12.3. The van der Waals surface area contributed by atoms with Gasteiger partial charge in [-0.05, 0) is 24.3 Å². The molecule has 104 valence electrons. The Balaban J connectivity index is 2.25. The van der Waals surface area contributed by atoms with Gasteiger partial charge in [0.1, 0.15) is 11.5 Å². The smallest absolute Gasteiger partial charge is 0.125 e. The quantitative estimate of drug-likeness (QED) is 0.818. The van der Waals surface area contributed by atoms with Crippen molar-refractivity contribution in [2.24, 2.45) is 0 Å². The first-order chi connectivity index (χ1) is 9.28. The third kappa shape index (κ3) is 3.36. The average Bonchev–Trinajstić information content (AvgIpc) is 3.06. The lowest BCUT2D eigenvalue weighted by Crippen LogP contribution is -2.20. The molecular weight excluding hydrogens is 258 g/mol. The number of thiophene rings is 1. The van der Waals surface area contributed by atoms with Crippen molar-refractivity contribution in [3.8, 4) is 10.6 Å². The number of aliphatic hydroxyl groups excluding tert-OH is 1. The minimum Gasteiger partial charge on any atom is -0.394 e. The van der Waals surface area contributed by atoms with Gasteiger partial charge in [0.25, 0.3) is 0 Å². The fraction of sp³-hybridized carbons (Fsp3) is 0.500. The molecule has 0 aliphatic heterocycles. The summed E-state index contributed by atoms with van der Waals surface area (Å²) in [6.45, 7) is 4.97. The Hall–Kier alpha value is -1.33. The van der Waals surface area contributed by atoms with E-state index in [2.05, 4.69) is 36.4 Å². The summed E-state index contributed by atoms with van der Waals surface area (Å²) in [4.78, 5) is 1.16. The SMILES string of the molecule is CCC(CC)Nc1cc(-c2cccs2)nn1CCO. The molecule has 2 heterocycles. The van der Waals surface area contributed by atoms with E-state index in [4.69, 9.17) is 5.11 Å². The second kappa shape index (κ2) is 6.73. The van der Waals surface area contributed by atoms with E-state index in [0.717, 1.165) is 29.2 Å². The summed E-state index contributed by atoms with van der Waals surface area (Å²) in [5.41, 5.74) is 0.969. The monoisotopic (exact) mass is 279 g/mol. The fourth-order valence-electron chi connectivity index (χ4n) is 2.04. The Bertz CT molecular complexity index is 489. The molecule has 4 nitrogen and oxygen atoms in total. The number of rotatable bonds is 7. The number of hydrogen-bond acceptors (Lipinski definition) is 4. The summed E-state index contributed by atoms with van der Waals surface area (Å²) >= 11 is 1.68. The average molecular weight is 279 g/mol. The van der Waals surface area contributed by atoms with Gasteiger partial charge < -0.3 is 10.4 Å². The first-order valence-electron chi connectivity index (χ1n) is 6.77. The van der Waals surface area contributed by atoms with Crippen molar-refractivity contribution in [1.82, 2.24) is 9.78 Å². The van der Waals surface area contributed by atoms with Gasteiger partial charge in [0.2, 0.25) is 0 Å². The van der Waals surface area contributed by atoms with Crippen LogP contribution in [0.25, 0.3) is 10.6 Å². The summed E-state index contributed by atoms with van der Waals surface area (Å²) in [6, 6.07) is 6.61. The van der Waals surface area contributed by atoms with Crippen molar-refractivity contribution in [2.75, 3.05) is 11.9 Å². The van der Waals surface area contributed by atoms with Crippen LogP contribution in [-0.2, 0) is 6.54 Å². The molecule has 0 unspecified atom stereocenters. The molecule has 0 fully saturated rings. The van der Waals surface area contributed by atoms with Crippen molar-refractivity contribution in [3.05, 3.63) is 23.6 Å². The maximum atomic E-state index is 9.15. The van der Waals surface area contributed by atoms with Crippen LogP contribution in [0.15, 0.2) is 23.6 Å². The number of nitrogens with zero attached hydrogens (tertiary/aromatic N) is 2. The maximum Gasteiger partial charge on any atom is 0.125 e. The predicted molar refractivity (Wildman–Crippen MR) is 80.6 cm³/mol. The van der Waals surface area contributed by atoms with Crippen molar-refractivity contribution in [3.63, 3.8) is 0 Å². The van der Waals surface area contributed by atoms with Crippen molar-refractivity contribution in [2.45, 2.75) is 39.3 Å². The summed E-state index contributed by atoms with van der Waals surface area (Å²) in [6.07, 6.45) is 2.16. The van der Waals surface area contributed by atoms with Gasteiger partial charge in [0.05, 0.1) is 18.0 Å². The zero-order chi connectivity index (χ0) is 13.7. The van der Waals surface area contributed by atoms with E-state index in [1.54, 1.807) is 11.3 Å². The van der Waals surface area contributed by atoms with Gasteiger partial charge in [0.15, 0.2) is 0 Å². The molecule has 19 heavy (non-hydrogen) atoms.